The van der Waals surface area contributed by atoms with E-state index in [1.54, 1.807) is 6.08 Å². The second-order valence-electron chi connectivity index (χ2n) is 0.880. The Balaban J connectivity index is 2.62. The molecule has 0 aromatic heterocycles. The number of hydrogen-bond donors (Lipinski definition) is 0. The topological polar surface area (TPSA) is 0 Å². The third kappa shape index (κ3) is 3.74. The molecule has 0 aliphatic rings. The summed E-state index contributed by atoms with van der Waals surface area (Å²) in [5.74, 6) is 0. The molecule has 5 heavy (non-hydrogen) atoms. The summed E-state index contributed by atoms with van der Waals surface area (Å²) in [6.45, 7) is 5.58. The molecule has 0 atom stereocenters. The van der Waals surface area contributed by atoms with E-state index in [9.17, 15) is 0 Å². The Morgan fingerprint density at radius 2 is 2.40 bits per heavy atom. The summed E-state index contributed by atoms with van der Waals surface area (Å²) in [6, 6.07) is 0. The van der Waals surface area contributed by atoms with E-state index in [1.807, 2.05) is 6.08 Å². The van der Waals surface area contributed by atoms with Crippen LogP contribution in [0.2, 0.25) is 0 Å². The zero-order chi connectivity index (χ0) is 4.12. The Bertz CT molecular complexity index is 27.0. The Hall–Kier alpha value is -0.260. The molecule has 0 fully saturated rings. The van der Waals surface area contributed by atoms with Gasteiger partial charge in [0.1, 0.15) is 0 Å². The van der Waals surface area contributed by atoms with Crippen LogP contribution in [0.25, 0.3) is 0 Å². The van der Waals surface area contributed by atoms with Gasteiger partial charge in [-0.15, -0.1) is 0 Å². The highest BCUT2D eigenvalue weighted by molar-refractivity contribution is 4.81. The molecular formula is C5H9. The molecule has 0 aromatic carbocycles. The van der Waals surface area contributed by atoms with Gasteiger partial charge >= 0.3 is 0 Å². The third-order valence-electron chi connectivity index (χ3n) is 0.402. The second kappa shape index (κ2) is 3.74. The van der Waals surface area contributed by atoms with Crippen LogP contribution in [0.5, 0.6) is 0 Å². The van der Waals surface area contributed by atoms with Crippen molar-refractivity contribution in [2.45, 2.75) is 13.3 Å². The molecule has 0 bridgehead atoms. The van der Waals surface area contributed by atoms with E-state index < -0.39 is 0 Å². The van der Waals surface area contributed by atoms with Gasteiger partial charge in [0, 0.05) is 0 Å². The van der Waals surface area contributed by atoms with E-state index >= 15 is 0 Å². The molecule has 29 valence electrons. The van der Waals surface area contributed by atoms with E-state index in [1.165, 1.54) is 0 Å². The molecule has 0 aliphatic carbocycles. The number of hydrogen-bond acceptors (Lipinski definition) is 0. The molecule has 0 spiro atoms. The standard InChI is InChI=1S/C5H9/c1-3-5-4-2/h3,5H,1,4H2,2H3. The molecule has 0 nitrogen and oxygen atoms in total. The monoisotopic (exact) mass is 69.1 g/mol. The third-order valence-corrected chi connectivity index (χ3v) is 0.402. The minimum atomic E-state index is 1.10. The van der Waals surface area contributed by atoms with Crippen LogP contribution in [0, 0.1) is 6.92 Å². The maximum atomic E-state index is 3.49. The van der Waals surface area contributed by atoms with Crippen LogP contribution >= 0.6 is 0 Å². The molecule has 1 radical (unpaired) electrons. The zero-order valence-corrected chi connectivity index (χ0v) is 3.57. The van der Waals surface area contributed by atoms with Crippen LogP contribution in [0.15, 0.2) is 12.2 Å². The Morgan fingerprint density at radius 1 is 1.80 bits per heavy atom. The van der Waals surface area contributed by atoms with Crippen molar-refractivity contribution < 1.29 is 0 Å². The predicted octanol–water partition coefficient (Wildman–Crippen LogP) is 1.79. The van der Waals surface area contributed by atoms with Gasteiger partial charge < -0.3 is 0 Å². The lowest BCUT2D eigenvalue weighted by Crippen LogP contribution is -1.44. The minimum Gasteiger partial charge on any atom is -0.0888 e. The highest BCUT2D eigenvalue weighted by atomic mass is 13.6. The average molecular weight is 69.1 g/mol. The lowest BCUT2D eigenvalue weighted by atomic mass is 10.4. The Labute approximate surface area is 33.5 Å². The molecule has 0 unspecified atom stereocenters. The maximum Gasteiger partial charge on any atom is -0.0316 e. The summed E-state index contributed by atoms with van der Waals surface area (Å²) in [5, 5.41) is 0. The summed E-state index contributed by atoms with van der Waals surface area (Å²) in [7, 11) is 0. The van der Waals surface area contributed by atoms with Gasteiger partial charge in [0.25, 0.3) is 0 Å². The van der Waals surface area contributed by atoms with Crippen LogP contribution in [0.4, 0.5) is 0 Å². The summed E-state index contributed by atoms with van der Waals surface area (Å²) >= 11 is 0. The van der Waals surface area contributed by atoms with E-state index in [0.29, 0.717) is 0 Å². The van der Waals surface area contributed by atoms with Crippen molar-refractivity contribution in [1.82, 2.24) is 0 Å². The molecule has 0 N–H and O–H groups in total. The molecule has 0 saturated heterocycles. The molecule has 0 heteroatoms. The predicted molar refractivity (Wildman–Crippen MR) is 24.8 cm³/mol. The molecular weight excluding hydrogens is 60.1 g/mol. The molecule has 0 heterocycles. The van der Waals surface area contributed by atoms with Gasteiger partial charge in [-0.1, -0.05) is 19.1 Å². The fourth-order valence-corrected chi connectivity index (χ4v) is 0.167. The quantitative estimate of drug-likeness (QED) is 0.440. The van der Waals surface area contributed by atoms with Gasteiger partial charge in [0.15, 0.2) is 0 Å². The van der Waals surface area contributed by atoms with Crippen molar-refractivity contribution in [3.63, 3.8) is 0 Å². The van der Waals surface area contributed by atoms with Crippen molar-refractivity contribution in [1.29, 1.82) is 0 Å². The average Bonchev–Trinajstić information content (AvgIpc) is 1.41. The van der Waals surface area contributed by atoms with E-state index in [2.05, 4.69) is 13.8 Å². The first kappa shape index (κ1) is 4.74. The smallest absolute Gasteiger partial charge is 0.0316 e. The van der Waals surface area contributed by atoms with Gasteiger partial charge in [0.05, 0.1) is 0 Å². The van der Waals surface area contributed by atoms with Gasteiger partial charge in [-0.2, -0.15) is 0 Å². The minimum absolute atomic E-state index is 1.10. The fraction of sp³-hybridized carbons (Fsp3) is 0.400. The van der Waals surface area contributed by atoms with Crippen molar-refractivity contribution in [2.75, 3.05) is 0 Å². The molecule has 0 aliphatic heterocycles. The molecule has 0 aromatic rings. The summed E-state index contributed by atoms with van der Waals surface area (Å²) < 4.78 is 0. The fourth-order valence-electron chi connectivity index (χ4n) is 0.167. The van der Waals surface area contributed by atoms with Crippen LogP contribution < -0.4 is 0 Å². The first-order chi connectivity index (χ1) is 2.41. The van der Waals surface area contributed by atoms with Crippen molar-refractivity contribution in [3.8, 4) is 0 Å². The maximum absolute atomic E-state index is 3.49. The van der Waals surface area contributed by atoms with E-state index in [-0.39, 0.29) is 0 Å². The highest BCUT2D eigenvalue weighted by Crippen LogP contribution is 1.73. The first-order valence-electron chi connectivity index (χ1n) is 1.86. The van der Waals surface area contributed by atoms with Gasteiger partial charge in [-0.3, -0.25) is 0 Å². The largest absolute Gasteiger partial charge is 0.0888 e. The van der Waals surface area contributed by atoms with Crippen molar-refractivity contribution in [2.24, 2.45) is 0 Å². The zero-order valence-electron chi connectivity index (χ0n) is 3.57. The normalized spacial score (nSPS) is 10.0. The Kier molecular flexibility index (Phi) is 3.55. The lowest BCUT2D eigenvalue weighted by Gasteiger charge is -1.65. The summed E-state index contributed by atoms with van der Waals surface area (Å²) in [6.07, 6.45) is 4.92. The molecule has 0 saturated carbocycles. The molecule has 0 amide bonds. The SMILES string of the molecule is [CH2]C=CCC. The van der Waals surface area contributed by atoms with Gasteiger partial charge in [0.2, 0.25) is 0 Å². The lowest BCUT2D eigenvalue weighted by molar-refractivity contribution is 1.22. The molecule has 0 rings (SSSR count). The summed E-state index contributed by atoms with van der Waals surface area (Å²) in [4.78, 5) is 0. The van der Waals surface area contributed by atoms with Gasteiger partial charge in [-0.05, 0) is 13.3 Å². The van der Waals surface area contributed by atoms with E-state index in [4.69, 9.17) is 0 Å². The number of rotatable bonds is 1. The Morgan fingerprint density at radius 3 is 2.40 bits per heavy atom. The highest BCUT2D eigenvalue weighted by Gasteiger charge is 1.52. The van der Waals surface area contributed by atoms with Crippen LogP contribution in [-0.4, -0.2) is 0 Å². The summed E-state index contributed by atoms with van der Waals surface area (Å²) in [5.41, 5.74) is 0. The number of allylic oxidation sites excluding steroid dienone is 2. The van der Waals surface area contributed by atoms with Crippen LogP contribution in [-0.2, 0) is 0 Å². The van der Waals surface area contributed by atoms with Crippen molar-refractivity contribution in [3.05, 3.63) is 19.1 Å². The van der Waals surface area contributed by atoms with Crippen LogP contribution in [0.3, 0.4) is 0 Å². The van der Waals surface area contributed by atoms with Gasteiger partial charge in [-0.25, -0.2) is 0 Å². The first-order valence-corrected chi connectivity index (χ1v) is 1.86. The van der Waals surface area contributed by atoms with Crippen molar-refractivity contribution >= 4 is 0 Å². The van der Waals surface area contributed by atoms with E-state index in [0.717, 1.165) is 6.42 Å². The second-order valence-corrected chi connectivity index (χ2v) is 0.880. The van der Waals surface area contributed by atoms with Crippen LogP contribution in [0.1, 0.15) is 13.3 Å².